The zero-order chi connectivity index (χ0) is 13.1. The first kappa shape index (κ1) is 15.7. The van der Waals surface area contributed by atoms with Crippen LogP contribution in [0.15, 0.2) is 30.3 Å². The highest BCUT2D eigenvalue weighted by atomic mass is 16.1. The van der Waals surface area contributed by atoms with E-state index in [1.165, 1.54) is 6.42 Å². The van der Waals surface area contributed by atoms with E-state index in [2.05, 4.69) is 19.2 Å². The van der Waals surface area contributed by atoms with Crippen LogP contribution in [0.2, 0.25) is 0 Å². The third-order valence-corrected chi connectivity index (χ3v) is 2.13. The van der Waals surface area contributed by atoms with Crippen LogP contribution in [0.4, 0.5) is 0 Å². The van der Waals surface area contributed by atoms with Gasteiger partial charge in [-0.1, -0.05) is 57.5 Å². The van der Waals surface area contributed by atoms with E-state index < -0.39 is 0 Å². The summed E-state index contributed by atoms with van der Waals surface area (Å²) >= 11 is 0. The summed E-state index contributed by atoms with van der Waals surface area (Å²) in [6.07, 6.45) is 2.12. The highest BCUT2D eigenvalue weighted by molar-refractivity contribution is 5.78. The van der Waals surface area contributed by atoms with Gasteiger partial charge in [-0.2, -0.15) is 0 Å². The lowest BCUT2D eigenvalue weighted by Crippen LogP contribution is -2.33. The van der Waals surface area contributed by atoms with Crippen LogP contribution in [0.25, 0.3) is 0 Å². The molecule has 0 spiro atoms. The molecule has 0 saturated carbocycles. The molecule has 3 N–H and O–H groups in total. The summed E-state index contributed by atoms with van der Waals surface area (Å²) in [7, 11) is 0. The van der Waals surface area contributed by atoms with Gasteiger partial charge in [-0.3, -0.25) is 4.79 Å². The van der Waals surface area contributed by atoms with Crippen LogP contribution >= 0.6 is 0 Å². The Hall–Kier alpha value is -1.35. The zero-order valence-corrected chi connectivity index (χ0v) is 11.1. The quantitative estimate of drug-likeness (QED) is 0.844. The number of hydrogen-bond donors (Lipinski definition) is 2. The molecule has 3 heteroatoms. The number of amides is 1. The van der Waals surface area contributed by atoms with Gasteiger partial charge in [-0.25, -0.2) is 0 Å². The second-order valence-corrected chi connectivity index (χ2v) is 3.85. The summed E-state index contributed by atoms with van der Waals surface area (Å²) in [5, 5.41) is 2.87. The minimum absolute atomic E-state index is 0.0450. The smallest absolute Gasteiger partial charge is 0.234 e. The van der Waals surface area contributed by atoms with Crippen LogP contribution in [0.5, 0.6) is 0 Å². The molecule has 0 aliphatic rings. The molecule has 1 rings (SSSR count). The maximum Gasteiger partial charge on any atom is 0.234 e. The maximum atomic E-state index is 11.1. The number of nitrogens with two attached hydrogens (primary N) is 1. The molecule has 1 amide bonds. The Balaban J connectivity index is 0.000000770. The van der Waals surface area contributed by atoms with Crippen molar-refractivity contribution in [1.82, 2.24) is 5.32 Å². The van der Waals surface area contributed by atoms with Crippen molar-refractivity contribution < 1.29 is 4.79 Å². The first-order chi connectivity index (χ1) is 8.19. The summed E-state index contributed by atoms with van der Waals surface area (Å²) in [6.45, 7) is 6.33. The Kier molecular flexibility index (Phi) is 9.06. The first-order valence-electron chi connectivity index (χ1n) is 6.23. The summed E-state index contributed by atoms with van der Waals surface area (Å²) in [5.41, 5.74) is 6.36. The van der Waals surface area contributed by atoms with Crippen molar-refractivity contribution >= 4 is 5.91 Å². The van der Waals surface area contributed by atoms with E-state index in [9.17, 15) is 4.79 Å². The van der Waals surface area contributed by atoms with E-state index in [0.29, 0.717) is 0 Å². The third-order valence-electron chi connectivity index (χ3n) is 2.13. The molecule has 1 atom stereocenters. The lowest BCUT2D eigenvalue weighted by molar-refractivity contribution is -0.120. The maximum absolute atomic E-state index is 11.1. The van der Waals surface area contributed by atoms with E-state index in [1.807, 2.05) is 37.3 Å². The van der Waals surface area contributed by atoms with Gasteiger partial charge >= 0.3 is 0 Å². The number of hydrogen-bond acceptors (Lipinski definition) is 2. The van der Waals surface area contributed by atoms with Gasteiger partial charge in [0.05, 0.1) is 12.6 Å². The van der Waals surface area contributed by atoms with Crippen molar-refractivity contribution in [2.75, 3.05) is 6.54 Å². The first-order valence-corrected chi connectivity index (χ1v) is 6.23. The van der Waals surface area contributed by atoms with Crippen molar-refractivity contribution in [1.29, 1.82) is 0 Å². The molecule has 0 aliphatic carbocycles. The molecular formula is C14H24N2O. The zero-order valence-electron chi connectivity index (χ0n) is 11.1. The Morgan fingerprint density at radius 2 is 1.76 bits per heavy atom. The molecule has 1 aromatic carbocycles. The monoisotopic (exact) mass is 236 g/mol. The molecular weight excluding hydrogens is 212 g/mol. The molecule has 3 nitrogen and oxygen atoms in total. The fourth-order valence-electron chi connectivity index (χ4n) is 1.36. The van der Waals surface area contributed by atoms with Gasteiger partial charge in [-0.05, 0) is 12.0 Å². The van der Waals surface area contributed by atoms with Crippen LogP contribution in [-0.4, -0.2) is 12.5 Å². The SMILES string of the molecule is CCC.CCC(NC(=O)CN)c1ccccc1. The van der Waals surface area contributed by atoms with E-state index in [-0.39, 0.29) is 18.5 Å². The summed E-state index contributed by atoms with van der Waals surface area (Å²) in [6, 6.07) is 9.98. The van der Waals surface area contributed by atoms with Crippen LogP contribution in [-0.2, 0) is 4.79 Å². The molecule has 17 heavy (non-hydrogen) atoms. The van der Waals surface area contributed by atoms with Crippen LogP contribution in [0.1, 0.15) is 45.2 Å². The predicted molar refractivity (Wildman–Crippen MR) is 72.6 cm³/mol. The van der Waals surface area contributed by atoms with Crippen molar-refractivity contribution in [2.24, 2.45) is 5.73 Å². The predicted octanol–water partition coefficient (Wildman–Crippen LogP) is 2.63. The third kappa shape index (κ3) is 6.74. The van der Waals surface area contributed by atoms with Crippen LogP contribution in [0.3, 0.4) is 0 Å². The molecule has 96 valence electrons. The van der Waals surface area contributed by atoms with E-state index >= 15 is 0 Å². The van der Waals surface area contributed by atoms with Gasteiger partial charge in [0, 0.05) is 0 Å². The largest absolute Gasteiger partial charge is 0.348 e. The Morgan fingerprint density at radius 3 is 2.18 bits per heavy atom. The number of rotatable bonds is 4. The normalized spacial score (nSPS) is 11.1. The highest BCUT2D eigenvalue weighted by Gasteiger charge is 2.10. The van der Waals surface area contributed by atoms with Gasteiger partial charge in [0.15, 0.2) is 0 Å². The molecule has 0 saturated heterocycles. The molecule has 1 aromatic rings. The standard InChI is InChI=1S/C11H16N2O.C3H8/c1-2-10(13-11(14)8-12)9-6-4-3-5-7-9;1-3-2/h3-7,10H,2,8,12H2,1H3,(H,13,14);3H2,1-2H3. The van der Waals surface area contributed by atoms with Crippen molar-refractivity contribution in [3.63, 3.8) is 0 Å². The van der Waals surface area contributed by atoms with Gasteiger partial charge in [-0.15, -0.1) is 0 Å². The number of benzene rings is 1. The molecule has 0 aliphatic heterocycles. The van der Waals surface area contributed by atoms with Crippen molar-refractivity contribution in [2.45, 2.75) is 39.7 Å². The number of nitrogens with one attached hydrogen (secondary N) is 1. The topological polar surface area (TPSA) is 55.1 Å². The lowest BCUT2D eigenvalue weighted by atomic mass is 10.0. The molecule has 0 fully saturated rings. The average molecular weight is 236 g/mol. The lowest BCUT2D eigenvalue weighted by Gasteiger charge is -2.16. The van der Waals surface area contributed by atoms with Crippen molar-refractivity contribution in [3.8, 4) is 0 Å². The average Bonchev–Trinajstić information content (AvgIpc) is 2.37. The molecule has 1 unspecified atom stereocenters. The second-order valence-electron chi connectivity index (χ2n) is 3.85. The van der Waals surface area contributed by atoms with Gasteiger partial charge in [0.25, 0.3) is 0 Å². The summed E-state index contributed by atoms with van der Waals surface area (Å²) in [4.78, 5) is 11.1. The van der Waals surface area contributed by atoms with E-state index in [0.717, 1.165) is 12.0 Å². The highest BCUT2D eigenvalue weighted by Crippen LogP contribution is 2.15. The van der Waals surface area contributed by atoms with Gasteiger partial charge in [0.1, 0.15) is 0 Å². The Morgan fingerprint density at radius 1 is 1.24 bits per heavy atom. The Bertz CT molecular complexity index is 298. The van der Waals surface area contributed by atoms with Crippen molar-refractivity contribution in [3.05, 3.63) is 35.9 Å². The summed E-state index contributed by atoms with van der Waals surface area (Å²) in [5.74, 6) is -0.110. The van der Waals surface area contributed by atoms with E-state index in [4.69, 9.17) is 5.73 Å². The van der Waals surface area contributed by atoms with Gasteiger partial charge < -0.3 is 11.1 Å². The van der Waals surface area contributed by atoms with Crippen LogP contribution < -0.4 is 11.1 Å². The molecule has 0 heterocycles. The fourth-order valence-corrected chi connectivity index (χ4v) is 1.36. The number of carbonyl (C=O) groups excluding carboxylic acids is 1. The fraction of sp³-hybridized carbons (Fsp3) is 0.500. The molecule has 0 radical (unpaired) electrons. The number of carbonyl (C=O) groups is 1. The summed E-state index contributed by atoms with van der Waals surface area (Å²) < 4.78 is 0. The van der Waals surface area contributed by atoms with Gasteiger partial charge in [0.2, 0.25) is 5.91 Å². The van der Waals surface area contributed by atoms with Crippen LogP contribution in [0, 0.1) is 0 Å². The minimum Gasteiger partial charge on any atom is -0.348 e. The Labute approximate surface area is 104 Å². The molecule has 0 aromatic heterocycles. The molecule has 0 bridgehead atoms. The second kappa shape index (κ2) is 9.85. The minimum atomic E-state index is -0.110. The van der Waals surface area contributed by atoms with E-state index in [1.54, 1.807) is 0 Å².